The molecule has 0 aliphatic rings. The van der Waals surface area contributed by atoms with Gasteiger partial charge in [-0.2, -0.15) is 0 Å². The van der Waals surface area contributed by atoms with Crippen LogP contribution in [0.5, 0.6) is 5.75 Å². The second-order valence-corrected chi connectivity index (χ2v) is 3.65. The molecule has 0 aliphatic carbocycles. The number of anilines is 1. The van der Waals surface area contributed by atoms with Gasteiger partial charge in [0.2, 0.25) is 0 Å². The number of pyridine rings is 1. The maximum atomic E-state index is 11.2. The van der Waals surface area contributed by atoms with Gasteiger partial charge in [-0.05, 0) is 25.1 Å². The van der Waals surface area contributed by atoms with Crippen LogP contribution in [-0.2, 0) is 9.53 Å². The molecule has 0 spiro atoms. The molecule has 1 heterocycles. The zero-order valence-corrected chi connectivity index (χ0v) is 10.1. The van der Waals surface area contributed by atoms with Gasteiger partial charge in [0.25, 0.3) is 0 Å². The van der Waals surface area contributed by atoms with Crippen LogP contribution in [-0.4, -0.2) is 24.2 Å². The average Bonchev–Trinajstić information content (AvgIpc) is 2.37. The molecule has 5 heteroatoms. The summed E-state index contributed by atoms with van der Waals surface area (Å²) < 4.78 is 10.2. The van der Waals surface area contributed by atoms with Crippen LogP contribution in [0.4, 0.5) is 5.69 Å². The molecule has 18 heavy (non-hydrogen) atoms. The number of hydrogen-bond acceptors (Lipinski definition) is 5. The van der Waals surface area contributed by atoms with Crippen LogP contribution in [0.25, 0.3) is 10.9 Å². The number of nitrogens with two attached hydrogens (primary N) is 1. The molecule has 94 valence electrons. The topological polar surface area (TPSA) is 74.4 Å². The van der Waals surface area contributed by atoms with Crippen LogP contribution in [0.1, 0.15) is 6.92 Å². The molecule has 0 saturated heterocycles. The monoisotopic (exact) mass is 246 g/mol. The Balaban J connectivity index is 2.23. The third-order valence-electron chi connectivity index (χ3n) is 2.41. The summed E-state index contributed by atoms with van der Waals surface area (Å²) in [6, 6.07) is 7.13. The first-order valence-corrected chi connectivity index (χ1v) is 5.64. The number of carbonyl (C=O) groups is 1. The van der Waals surface area contributed by atoms with Gasteiger partial charge in [0.1, 0.15) is 5.75 Å². The van der Waals surface area contributed by atoms with Crippen molar-refractivity contribution in [2.45, 2.75) is 6.92 Å². The summed E-state index contributed by atoms with van der Waals surface area (Å²) >= 11 is 0. The number of nitrogen functional groups attached to an aromatic ring is 1. The molecule has 2 aromatic rings. The van der Waals surface area contributed by atoms with Crippen molar-refractivity contribution in [3.8, 4) is 5.75 Å². The minimum Gasteiger partial charge on any atom is -0.481 e. The Morgan fingerprint density at radius 3 is 3.00 bits per heavy atom. The number of rotatable bonds is 4. The smallest absolute Gasteiger partial charge is 0.344 e. The van der Waals surface area contributed by atoms with Gasteiger partial charge in [0.05, 0.1) is 17.8 Å². The summed E-state index contributed by atoms with van der Waals surface area (Å²) in [5, 5.41) is 0.779. The van der Waals surface area contributed by atoms with Gasteiger partial charge in [-0.1, -0.05) is 6.07 Å². The van der Waals surface area contributed by atoms with E-state index in [9.17, 15) is 4.79 Å². The summed E-state index contributed by atoms with van der Waals surface area (Å²) in [7, 11) is 0. The Bertz CT molecular complexity index is 569. The molecule has 0 atom stereocenters. The van der Waals surface area contributed by atoms with E-state index in [2.05, 4.69) is 4.98 Å². The van der Waals surface area contributed by atoms with Crippen molar-refractivity contribution in [3.05, 3.63) is 30.5 Å². The van der Waals surface area contributed by atoms with Crippen molar-refractivity contribution in [2.75, 3.05) is 18.9 Å². The standard InChI is InChI=1S/C13H14N2O3/c1-2-17-12(16)8-18-11-6-7-15-13-9(11)4-3-5-10(13)14/h3-7H,2,8,14H2,1H3. The quantitative estimate of drug-likeness (QED) is 0.657. The number of ether oxygens (including phenoxy) is 2. The van der Waals surface area contributed by atoms with Gasteiger partial charge in [-0.15, -0.1) is 0 Å². The minimum atomic E-state index is -0.397. The predicted molar refractivity (Wildman–Crippen MR) is 68.3 cm³/mol. The van der Waals surface area contributed by atoms with Gasteiger partial charge < -0.3 is 15.2 Å². The number of para-hydroxylation sites is 1. The summed E-state index contributed by atoms with van der Waals surface area (Å²) in [6.45, 7) is 1.97. The lowest BCUT2D eigenvalue weighted by Gasteiger charge is -2.09. The first-order valence-electron chi connectivity index (χ1n) is 5.64. The van der Waals surface area contributed by atoms with Crippen molar-refractivity contribution in [2.24, 2.45) is 0 Å². The van der Waals surface area contributed by atoms with Crippen LogP contribution >= 0.6 is 0 Å². The fourth-order valence-corrected chi connectivity index (χ4v) is 1.64. The molecule has 0 radical (unpaired) electrons. The van der Waals surface area contributed by atoms with Crippen LogP contribution < -0.4 is 10.5 Å². The van der Waals surface area contributed by atoms with Crippen molar-refractivity contribution < 1.29 is 14.3 Å². The predicted octanol–water partition coefficient (Wildman–Crippen LogP) is 1.76. The van der Waals surface area contributed by atoms with Crippen molar-refractivity contribution >= 4 is 22.6 Å². The zero-order valence-electron chi connectivity index (χ0n) is 10.1. The highest BCUT2D eigenvalue weighted by atomic mass is 16.6. The van der Waals surface area contributed by atoms with E-state index < -0.39 is 5.97 Å². The van der Waals surface area contributed by atoms with E-state index in [4.69, 9.17) is 15.2 Å². The SMILES string of the molecule is CCOC(=O)COc1ccnc2c(N)cccc12. The Kier molecular flexibility index (Phi) is 3.62. The summed E-state index contributed by atoms with van der Waals surface area (Å²) in [5.41, 5.74) is 7.06. The van der Waals surface area contributed by atoms with Crippen LogP contribution in [0.15, 0.2) is 30.5 Å². The summed E-state index contributed by atoms with van der Waals surface area (Å²) in [4.78, 5) is 15.4. The van der Waals surface area contributed by atoms with Crippen molar-refractivity contribution in [1.29, 1.82) is 0 Å². The Morgan fingerprint density at radius 1 is 1.39 bits per heavy atom. The fourth-order valence-electron chi connectivity index (χ4n) is 1.64. The van der Waals surface area contributed by atoms with E-state index in [0.717, 1.165) is 5.39 Å². The average molecular weight is 246 g/mol. The fraction of sp³-hybridized carbons (Fsp3) is 0.231. The molecule has 1 aromatic heterocycles. The molecule has 1 aromatic carbocycles. The van der Waals surface area contributed by atoms with Crippen molar-refractivity contribution in [3.63, 3.8) is 0 Å². The maximum Gasteiger partial charge on any atom is 0.344 e. The highest BCUT2D eigenvalue weighted by molar-refractivity contribution is 5.93. The van der Waals surface area contributed by atoms with Gasteiger partial charge in [-0.3, -0.25) is 4.98 Å². The van der Waals surface area contributed by atoms with E-state index in [1.54, 1.807) is 25.3 Å². The molecule has 0 unspecified atom stereocenters. The first-order chi connectivity index (χ1) is 8.72. The van der Waals surface area contributed by atoms with Crippen LogP contribution in [0.3, 0.4) is 0 Å². The van der Waals surface area contributed by atoms with Crippen LogP contribution in [0.2, 0.25) is 0 Å². The molecule has 0 amide bonds. The molecule has 2 rings (SSSR count). The maximum absolute atomic E-state index is 11.2. The van der Waals surface area contributed by atoms with Gasteiger partial charge in [0, 0.05) is 11.6 Å². The lowest BCUT2D eigenvalue weighted by atomic mass is 10.2. The molecule has 5 nitrogen and oxygen atoms in total. The number of hydrogen-bond donors (Lipinski definition) is 1. The number of fused-ring (bicyclic) bond motifs is 1. The Morgan fingerprint density at radius 2 is 2.22 bits per heavy atom. The van der Waals surface area contributed by atoms with Crippen molar-refractivity contribution in [1.82, 2.24) is 4.98 Å². The minimum absolute atomic E-state index is 0.123. The van der Waals surface area contributed by atoms with Gasteiger partial charge in [-0.25, -0.2) is 4.79 Å². The Labute approximate surface area is 105 Å². The van der Waals surface area contributed by atoms with E-state index in [1.807, 2.05) is 12.1 Å². The van der Waals surface area contributed by atoms with E-state index >= 15 is 0 Å². The second kappa shape index (κ2) is 5.35. The molecular formula is C13H14N2O3. The number of nitrogens with zero attached hydrogens (tertiary/aromatic N) is 1. The zero-order chi connectivity index (χ0) is 13.0. The lowest BCUT2D eigenvalue weighted by molar-refractivity contribution is -0.145. The molecule has 2 N–H and O–H groups in total. The van der Waals surface area contributed by atoms with Crippen LogP contribution in [0, 0.1) is 0 Å². The summed E-state index contributed by atoms with van der Waals surface area (Å²) in [5.74, 6) is 0.173. The van der Waals surface area contributed by atoms with E-state index in [1.165, 1.54) is 0 Å². The Hall–Kier alpha value is -2.30. The second-order valence-electron chi connectivity index (χ2n) is 3.65. The highest BCUT2D eigenvalue weighted by Crippen LogP contribution is 2.27. The number of benzene rings is 1. The lowest BCUT2D eigenvalue weighted by Crippen LogP contribution is -2.14. The number of aromatic nitrogens is 1. The molecule has 0 bridgehead atoms. The van der Waals surface area contributed by atoms with E-state index in [0.29, 0.717) is 23.6 Å². The summed E-state index contributed by atoms with van der Waals surface area (Å²) in [6.07, 6.45) is 1.60. The normalized spacial score (nSPS) is 10.3. The molecule has 0 fully saturated rings. The van der Waals surface area contributed by atoms with Gasteiger partial charge >= 0.3 is 5.97 Å². The third-order valence-corrected chi connectivity index (χ3v) is 2.41. The first kappa shape index (κ1) is 12.2. The third kappa shape index (κ3) is 2.51. The highest BCUT2D eigenvalue weighted by Gasteiger charge is 2.08. The molecule has 0 aliphatic heterocycles. The van der Waals surface area contributed by atoms with Gasteiger partial charge in [0.15, 0.2) is 6.61 Å². The number of carbonyl (C=O) groups excluding carboxylic acids is 1. The number of esters is 1. The molecule has 0 saturated carbocycles. The van der Waals surface area contributed by atoms with E-state index in [-0.39, 0.29) is 6.61 Å². The molecular weight excluding hydrogens is 232 g/mol. The largest absolute Gasteiger partial charge is 0.481 e.